The number of aryl methyl sites for hydroxylation is 1. The number of benzene rings is 2. The first-order chi connectivity index (χ1) is 14.6. The Morgan fingerprint density at radius 3 is 2.57 bits per heavy atom. The van der Waals surface area contributed by atoms with Gasteiger partial charge in [0.05, 0.1) is 29.2 Å². The lowest BCUT2D eigenvalue weighted by atomic mass is 9.86. The number of halogens is 1. The van der Waals surface area contributed by atoms with E-state index in [1.807, 2.05) is 0 Å². The number of rotatable bonds is 5. The number of hydrogen-bond acceptors (Lipinski definition) is 4. The highest BCUT2D eigenvalue weighted by atomic mass is 32.2. The quantitative estimate of drug-likeness (QED) is 0.650. The van der Waals surface area contributed by atoms with Crippen LogP contribution in [0.5, 0.6) is 0 Å². The zero-order chi connectivity index (χ0) is 21.1. The summed E-state index contributed by atoms with van der Waals surface area (Å²) in [5.74, 6) is 0.0350. The van der Waals surface area contributed by atoms with Crippen molar-refractivity contribution in [2.24, 2.45) is 0 Å². The highest BCUT2D eigenvalue weighted by Crippen LogP contribution is 2.43. The van der Waals surface area contributed by atoms with Gasteiger partial charge in [-0.3, -0.25) is 9.69 Å². The molecular weight excluding hydrogens is 397 g/mol. The SMILES string of the molecule is CCCCc1ccc(N2CSC3=C(C#N)[C@@H](c4ccc(F)cc4)CC(=O)N3C2)cc1. The van der Waals surface area contributed by atoms with Gasteiger partial charge in [0.15, 0.2) is 0 Å². The average molecular weight is 422 g/mol. The van der Waals surface area contributed by atoms with E-state index in [9.17, 15) is 14.4 Å². The summed E-state index contributed by atoms with van der Waals surface area (Å²) in [5.41, 5.74) is 3.81. The Balaban J connectivity index is 1.56. The minimum absolute atomic E-state index is 0.00455. The first-order valence-corrected chi connectivity index (χ1v) is 11.3. The molecule has 2 heterocycles. The monoisotopic (exact) mass is 421 g/mol. The van der Waals surface area contributed by atoms with Gasteiger partial charge < -0.3 is 4.90 Å². The number of carbonyl (C=O) groups is 1. The summed E-state index contributed by atoms with van der Waals surface area (Å²) in [6.07, 6.45) is 3.67. The molecule has 1 atom stereocenters. The molecule has 0 aromatic heterocycles. The van der Waals surface area contributed by atoms with Crippen molar-refractivity contribution in [3.05, 3.63) is 76.1 Å². The van der Waals surface area contributed by atoms with E-state index < -0.39 is 0 Å². The number of carbonyl (C=O) groups excluding carboxylic acids is 1. The predicted molar refractivity (Wildman–Crippen MR) is 118 cm³/mol. The summed E-state index contributed by atoms with van der Waals surface area (Å²) >= 11 is 1.52. The maximum Gasteiger partial charge on any atom is 0.229 e. The van der Waals surface area contributed by atoms with Gasteiger partial charge in [-0.15, -0.1) is 0 Å². The zero-order valence-corrected chi connectivity index (χ0v) is 17.8. The molecule has 0 spiro atoms. The molecule has 154 valence electrons. The lowest BCUT2D eigenvalue weighted by molar-refractivity contribution is -0.129. The standard InChI is InChI=1S/C24H24FN3OS/c1-2-3-4-17-5-11-20(12-6-17)27-15-28-23(29)13-21(18-7-9-19(25)10-8-18)22(14-26)24(28)30-16-27/h5-12,21H,2-4,13,15-16H2,1H3/t21-/m1/s1. The van der Waals surface area contributed by atoms with Gasteiger partial charge in [0.25, 0.3) is 0 Å². The molecule has 4 rings (SSSR count). The smallest absolute Gasteiger partial charge is 0.229 e. The predicted octanol–water partition coefficient (Wildman–Crippen LogP) is 5.39. The number of anilines is 1. The van der Waals surface area contributed by atoms with Crippen LogP contribution in [-0.4, -0.2) is 23.4 Å². The van der Waals surface area contributed by atoms with Gasteiger partial charge >= 0.3 is 0 Å². The molecule has 1 saturated heterocycles. The molecule has 2 aromatic carbocycles. The molecule has 4 nitrogen and oxygen atoms in total. The molecule has 0 unspecified atom stereocenters. The van der Waals surface area contributed by atoms with Gasteiger partial charge in [-0.05, 0) is 48.2 Å². The van der Waals surface area contributed by atoms with Gasteiger partial charge in [0, 0.05) is 18.0 Å². The summed E-state index contributed by atoms with van der Waals surface area (Å²) in [4.78, 5) is 16.8. The Bertz CT molecular complexity index is 995. The summed E-state index contributed by atoms with van der Waals surface area (Å²) in [5, 5.41) is 10.6. The van der Waals surface area contributed by atoms with Crippen LogP contribution in [0.1, 0.15) is 43.2 Å². The van der Waals surface area contributed by atoms with Gasteiger partial charge in [-0.25, -0.2) is 4.39 Å². The highest BCUT2D eigenvalue weighted by Gasteiger charge is 2.38. The van der Waals surface area contributed by atoms with Crippen molar-refractivity contribution in [3.63, 3.8) is 0 Å². The van der Waals surface area contributed by atoms with Crippen LogP contribution in [0.25, 0.3) is 0 Å². The number of nitrogens with zero attached hydrogens (tertiary/aromatic N) is 3. The number of nitriles is 1. The molecule has 0 N–H and O–H groups in total. The second kappa shape index (κ2) is 8.93. The van der Waals surface area contributed by atoms with E-state index in [0.717, 1.165) is 22.7 Å². The van der Waals surface area contributed by atoms with Crippen molar-refractivity contribution in [3.8, 4) is 6.07 Å². The van der Waals surface area contributed by atoms with Crippen molar-refractivity contribution < 1.29 is 9.18 Å². The van der Waals surface area contributed by atoms with E-state index in [4.69, 9.17) is 0 Å². The fourth-order valence-electron chi connectivity index (χ4n) is 3.96. The largest absolute Gasteiger partial charge is 0.344 e. The summed E-state index contributed by atoms with van der Waals surface area (Å²) in [6, 6.07) is 17.0. The van der Waals surface area contributed by atoms with E-state index in [-0.39, 0.29) is 24.1 Å². The fourth-order valence-corrected chi connectivity index (χ4v) is 5.13. The fraction of sp³-hybridized carbons (Fsp3) is 0.333. The maximum atomic E-state index is 13.3. The third-order valence-electron chi connectivity index (χ3n) is 5.69. The third kappa shape index (κ3) is 4.08. The average Bonchev–Trinajstić information content (AvgIpc) is 2.78. The Morgan fingerprint density at radius 1 is 1.17 bits per heavy atom. The van der Waals surface area contributed by atoms with E-state index >= 15 is 0 Å². The molecule has 0 saturated carbocycles. The minimum Gasteiger partial charge on any atom is -0.344 e. The highest BCUT2D eigenvalue weighted by molar-refractivity contribution is 8.03. The van der Waals surface area contributed by atoms with Crippen molar-refractivity contribution in [1.82, 2.24) is 4.90 Å². The number of fused-ring (bicyclic) bond motifs is 1. The van der Waals surface area contributed by atoms with Crippen molar-refractivity contribution in [2.45, 2.75) is 38.5 Å². The van der Waals surface area contributed by atoms with E-state index in [0.29, 0.717) is 18.1 Å². The number of unbranched alkanes of at least 4 members (excludes halogenated alkanes) is 1. The molecule has 0 bridgehead atoms. The normalized spacial score (nSPS) is 19.0. The third-order valence-corrected chi connectivity index (χ3v) is 6.84. The van der Waals surface area contributed by atoms with Gasteiger partial charge in [0.1, 0.15) is 5.82 Å². The molecule has 0 aliphatic carbocycles. The van der Waals surface area contributed by atoms with Crippen molar-refractivity contribution in [1.29, 1.82) is 5.26 Å². The van der Waals surface area contributed by atoms with E-state index in [1.165, 1.54) is 42.3 Å². The van der Waals surface area contributed by atoms with Crippen LogP contribution in [0.15, 0.2) is 59.1 Å². The zero-order valence-electron chi connectivity index (χ0n) is 17.0. The van der Waals surface area contributed by atoms with Crippen LogP contribution in [0.4, 0.5) is 10.1 Å². The van der Waals surface area contributed by atoms with Gasteiger partial charge in [0.2, 0.25) is 5.91 Å². The number of thioether (sulfide) groups is 1. The van der Waals surface area contributed by atoms with E-state index in [1.54, 1.807) is 17.0 Å². The Labute approximate surface area is 181 Å². The topological polar surface area (TPSA) is 47.3 Å². The first-order valence-electron chi connectivity index (χ1n) is 10.3. The lowest BCUT2D eigenvalue weighted by Crippen LogP contribution is -2.47. The maximum absolute atomic E-state index is 13.3. The Morgan fingerprint density at radius 2 is 1.90 bits per heavy atom. The van der Waals surface area contributed by atoms with E-state index in [2.05, 4.69) is 42.2 Å². The molecule has 0 radical (unpaired) electrons. The van der Waals surface area contributed by atoms with Crippen LogP contribution < -0.4 is 4.90 Å². The molecule has 1 amide bonds. The second-order valence-electron chi connectivity index (χ2n) is 7.69. The lowest BCUT2D eigenvalue weighted by Gasteiger charge is -2.42. The van der Waals surface area contributed by atoms with Crippen LogP contribution in [-0.2, 0) is 11.2 Å². The molecule has 2 aromatic rings. The summed E-state index contributed by atoms with van der Waals surface area (Å²) in [7, 11) is 0. The van der Waals surface area contributed by atoms with Crippen molar-refractivity contribution >= 4 is 23.4 Å². The summed E-state index contributed by atoms with van der Waals surface area (Å²) < 4.78 is 13.3. The number of allylic oxidation sites excluding steroid dienone is 1. The Hall–Kier alpha value is -2.78. The van der Waals surface area contributed by atoms with Crippen LogP contribution in [0.2, 0.25) is 0 Å². The molecular formula is C24H24FN3OS. The molecule has 6 heteroatoms. The Kier molecular flexibility index (Phi) is 6.10. The first kappa shape index (κ1) is 20.5. The van der Waals surface area contributed by atoms with Crippen LogP contribution in [0.3, 0.4) is 0 Å². The van der Waals surface area contributed by atoms with Gasteiger partial charge in [-0.1, -0.05) is 49.4 Å². The van der Waals surface area contributed by atoms with Crippen LogP contribution >= 0.6 is 11.8 Å². The molecule has 1 fully saturated rings. The second-order valence-corrected chi connectivity index (χ2v) is 8.62. The molecule has 30 heavy (non-hydrogen) atoms. The van der Waals surface area contributed by atoms with Crippen molar-refractivity contribution in [2.75, 3.05) is 17.4 Å². The number of hydrogen-bond donors (Lipinski definition) is 0. The summed E-state index contributed by atoms with van der Waals surface area (Å²) in [6.45, 7) is 2.63. The molecule has 2 aliphatic rings. The minimum atomic E-state index is -0.322. The van der Waals surface area contributed by atoms with Crippen LogP contribution in [0, 0.1) is 17.1 Å². The van der Waals surface area contributed by atoms with Gasteiger partial charge in [-0.2, -0.15) is 5.26 Å². The molecule has 2 aliphatic heterocycles. The number of amides is 1.